The van der Waals surface area contributed by atoms with Gasteiger partial charge in [-0.05, 0) is 0 Å². The first-order chi connectivity index (χ1) is 13.4. The maximum atomic E-state index is 6.30. The van der Waals surface area contributed by atoms with Gasteiger partial charge in [-0.3, -0.25) is 0 Å². The van der Waals surface area contributed by atoms with Gasteiger partial charge in [0.05, 0.1) is 0 Å². The molecule has 1 aliphatic heterocycles. The first-order valence-corrected chi connectivity index (χ1v) is 12.0. The van der Waals surface area contributed by atoms with E-state index in [9.17, 15) is 0 Å². The Bertz CT molecular complexity index is 962. The maximum absolute atomic E-state index is 6.30. The van der Waals surface area contributed by atoms with Crippen LogP contribution in [0.1, 0.15) is 33.3 Å². The third kappa shape index (κ3) is 3.80. The molecule has 0 amide bonds. The van der Waals surface area contributed by atoms with Crippen LogP contribution in [-0.2, 0) is 15.7 Å². The van der Waals surface area contributed by atoms with Gasteiger partial charge >= 0.3 is 175 Å². The Morgan fingerprint density at radius 2 is 1.43 bits per heavy atom. The summed E-state index contributed by atoms with van der Waals surface area (Å²) < 4.78 is 14.1. The van der Waals surface area contributed by atoms with E-state index in [0.29, 0.717) is 15.0 Å². The number of aryl methyl sites for hydroxylation is 1. The van der Waals surface area contributed by atoms with Crippen LogP contribution >= 0.6 is 0 Å². The molecule has 1 fully saturated rings. The molecule has 0 aromatic heterocycles. The van der Waals surface area contributed by atoms with Gasteiger partial charge in [-0.2, -0.15) is 0 Å². The van der Waals surface area contributed by atoms with E-state index in [1.807, 2.05) is 0 Å². The van der Waals surface area contributed by atoms with E-state index in [-0.39, 0.29) is 18.3 Å². The van der Waals surface area contributed by atoms with Crippen LogP contribution < -0.4 is 9.92 Å². The van der Waals surface area contributed by atoms with Gasteiger partial charge in [0.1, 0.15) is 0 Å². The van der Waals surface area contributed by atoms with Crippen molar-refractivity contribution in [2.75, 3.05) is 0 Å². The fraction of sp³-hybridized carbons (Fsp3) is 0.333. The summed E-state index contributed by atoms with van der Waals surface area (Å²) in [6.07, 6.45) is 1.05. The van der Waals surface area contributed by atoms with Crippen LogP contribution in [0, 0.1) is 0 Å². The second-order valence-corrected chi connectivity index (χ2v) is 10.7. The molecule has 144 valence electrons. The number of hydrogen-bond acceptors (Lipinski definition) is 2. The molecule has 4 rings (SSSR count). The van der Waals surface area contributed by atoms with Crippen LogP contribution in [0.15, 0.2) is 66.7 Å². The van der Waals surface area contributed by atoms with Gasteiger partial charge in [0.2, 0.25) is 0 Å². The average Bonchev–Trinajstić information content (AvgIpc) is 2.89. The predicted molar refractivity (Wildman–Crippen MR) is 120 cm³/mol. The Morgan fingerprint density at radius 1 is 0.786 bits per heavy atom. The molecule has 3 aromatic carbocycles. The molecule has 0 bridgehead atoms. The van der Waals surface area contributed by atoms with Crippen molar-refractivity contribution in [2.24, 2.45) is 0 Å². The van der Waals surface area contributed by atoms with E-state index in [4.69, 9.17) is 9.31 Å². The second kappa shape index (κ2) is 7.69. The zero-order valence-electron chi connectivity index (χ0n) is 17.1. The van der Waals surface area contributed by atoms with Crippen LogP contribution in [0.3, 0.4) is 0 Å². The van der Waals surface area contributed by atoms with Crippen molar-refractivity contribution in [1.82, 2.24) is 0 Å². The van der Waals surface area contributed by atoms with Gasteiger partial charge in [0.25, 0.3) is 0 Å². The van der Waals surface area contributed by atoms with E-state index in [1.54, 1.807) is 0 Å². The van der Waals surface area contributed by atoms with Gasteiger partial charge in [-0.15, -0.1) is 0 Å². The summed E-state index contributed by atoms with van der Waals surface area (Å²) in [5.41, 5.74) is 1.90. The molecule has 0 saturated carbocycles. The van der Waals surface area contributed by atoms with Crippen molar-refractivity contribution >= 4 is 42.8 Å². The summed E-state index contributed by atoms with van der Waals surface area (Å²) in [6, 6.07) is 23.9. The number of hydrogen-bond donors (Lipinski definition) is 0. The first kappa shape index (κ1) is 19.7. The Kier molecular flexibility index (Phi) is 5.41. The summed E-state index contributed by atoms with van der Waals surface area (Å²) >= 11 is 0.434. The van der Waals surface area contributed by atoms with E-state index >= 15 is 0 Å². The van der Waals surface area contributed by atoms with Crippen molar-refractivity contribution in [1.29, 1.82) is 0 Å². The Labute approximate surface area is 174 Å². The molecule has 1 aliphatic rings. The standard InChI is InChI=1S/C24H27BO2Se/c1-23(2)24(3,4)27-25(26-23)21-14-8-6-11-19(21)16-17-28-22-15-9-12-18-10-5-7-13-20(18)22/h5-15H,16-17H2,1-4H3. The van der Waals surface area contributed by atoms with Crippen molar-refractivity contribution in [3.63, 3.8) is 0 Å². The monoisotopic (exact) mass is 438 g/mol. The van der Waals surface area contributed by atoms with Gasteiger partial charge in [-0.25, -0.2) is 0 Å². The average molecular weight is 437 g/mol. The van der Waals surface area contributed by atoms with E-state index in [1.165, 1.54) is 26.3 Å². The minimum atomic E-state index is -0.308. The molecule has 0 radical (unpaired) electrons. The van der Waals surface area contributed by atoms with Gasteiger partial charge in [0, 0.05) is 0 Å². The van der Waals surface area contributed by atoms with Crippen LogP contribution in [0.4, 0.5) is 0 Å². The molecule has 28 heavy (non-hydrogen) atoms. The molecular weight excluding hydrogens is 410 g/mol. The van der Waals surface area contributed by atoms with Crippen LogP contribution in [0.5, 0.6) is 0 Å². The molecular formula is C24H27BO2Se. The summed E-state index contributed by atoms with van der Waals surface area (Å²) in [7, 11) is -0.286. The van der Waals surface area contributed by atoms with E-state index in [2.05, 4.69) is 94.4 Å². The van der Waals surface area contributed by atoms with Crippen molar-refractivity contribution in [2.45, 2.75) is 50.6 Å². The van der Waals surface area contributed by atoms with E-state index in [0.717, 1.165) is 11.7 Å². The Balaban J connectivity index is 1.49. The SMILES string of the molecule is CC1(C)OB(c2ccccc2CC[Se]c2cccc3ccccc23)OC1(C)C. The fourth-order valence-electron chi connectivity index (χ4n) is 3.55. The fourth-order valence-corrected chi connectivity index (χ4v) is 5.77. The second-order valence-electron chi connectivity index (χ2n) is 8.36. The molecule has 2 nitrogen and oxygen atoms in total. The molecule has 0 spiro atoms. The third-order valence-corrected chi connectivity index (χ3v) is 8.20. The van der Waals surface area contributed by atoms with Crippen molar-refractivity contribution < 1.29 is 9.31 Å². The summed E-state index contributed by atoms with van der Waals surface area (Å²) in [5, 5.41) is 3.89. The molecule has 4 heteroatoms. The quantitative estimate of drug-likeness (QED) is 0.559. The normalized spacial score (nSPS) is 17.9. The Hall–Kier alpha value is -1.58. The van der Waals surface area contributed by atoms with Gasteiger partial charge < -0.3 is 0 Å². The predicted octanol–water partition coefficient (Wildman–Crippen LogP) is 4.13. The molecule has 1 saturated heterocycles. The number of fused-ring (bicyclic) bond motifs is 1. The number of benzene rings is 3. The zero-order valence-corrected chi connectivity index (χ0v) is 18.8. The molecule has 3 aromatic rings. The third-order valence-electron chi connectivity index (χ3n) is 5.94. The molecule has 0 N–H and O–H groups in total. The molecule has 0 atom stereocenters. The van der Waals surface area contributed by atoms with Crippen molar-refractivity contribution in [3.05, 3.63) is 72.3 Å². The van der Waals surface area contributed by atoms with Crippen LogP contribution in [0.25, 0.3) is 10.8 Å². The van der Waals surface area contributed by atoms with Gasteiger partial charge in [0.15, 0.2) is 0 Å². The topological polar surface area (TPSA) is 18.5 Å². The summed E-state index contributed by atoms with van der Waals surface area (Å²) in [5.74, 6) is 0. The number of rotatable bonds is 5. The molecule has 0 unspecified atom stereocenters. The summed E-state index contributed by atoms with van der Waals surface area (Å²) in [4.78, 5) is 0. The minimum absolute atomic E-state index is 0.286. The van der Waals surface area contributed by atoms with Crippen LogP contribution in [0.2, 0.25) is 5.32 Å². The molecule has 0 aliphatic carbocycles. The molecule has 1 heterocycles. The first-order valence-electron chi connectivity index (χ1n) is 9.91. The van der Waals surface area contributed by atoms with Gasteiger partial charge in [-0.1, -0.05) is 0 Å². The Morgan fingerprint density at radius 3 is 2.21 bits per heavy atom. The van der Waals surface area contributed by atoms with Crippen molar-refractivity contribution in [3.8, 4) is 0 Å². The summed E-state index contributed by atoms with van der Waals surface area (Å²) in [6.45, 7) is 8.44. The van der Waals surface area contributed by atoms with E-state index < -0.39 is 0 Å². The van der Waals surface area contributed by atoms with Crippen LogP contribution in [-0.4, -0.2) is 33.3 Å². The zero-order chi connectivity index (χ0) is 19.8.